The zero-order chi connectivity index (χ0) is 13.2. The summed E-state index contributed by atoms with van der Waals surface area (Å²) in [4.78, 5) is -0.214. The van der Waals surface area contributed by atoms with Crippen molar-refractivity contribution in [3.63, 3.8) is 0 Å². The maximum atomic E-state index is 13.1. The molecule has 0 unspecified atom stereocenters. The Morgan fingerprint density at radius 3 is 2.67 bits per heavy atom. The Balaban J connectivity index is 2.21. The molecule has 5 nitrogen and oxygen atoms in total. The molecule has 7 heteroatoms. The molecule has 1 heterocycles. The van der Waals surface area contributed by atoms with Crippen LogP contribution in [0.3, 0.4) is 0 Å². The highest BCUT2D eigenvalue weighted by Gasteiger charge is 2.24. The van der Waals surface area contributed by atoms with Gasteiger partial charge in [-0.1, -0.05) is 0 Å². The number of nitrogens with two attached hydrogens (primary N) is 1. The Morgan fingerprint density at radius 2 is 2.00 bits per heavy atom. The van der Waals surface area contributed by atoms with Crippen LogP contribution in [-0.2, 0) is 14.8 Å². The zero-order valence-electron chi connectivity index (χ0n) is 9.73. The van der Waals surface area contributed by atoms with Gasteiger partial charge in [-0.3, -0.25) is 0 Å². The van der Waals surface area contributed by atoms with Crippen LogP contribution < -0.4 is 10.5 Å². The van der Waals surface area contributed by atoms with E-state index in [-0.39, 0.29) is 16.6 Å². The van der Waals surface area contributed by atoms with Gasteiger partial charge in [0.25, 0.3) is 0 Å². The smallest absolute Gasteiger partial charge is 0.242 e. The predicted molar refractivity (Wildman–Crippen MR) is 65.0 cm³/mol. The molecule has 1 saturated heterocycles. The molecular formula is C11H15FN2O3S. The van der Waals surface area contributed by atoms with Crippen molar-refractivity contribution < 1.29 is 17.5 Å². The molecule has 0 amide bonds. The summed E-state index contributed by atoms with van der Waals surface area (Å²) in [6.07, 6.45) is 1.21. The van der Waals surface area contributed by atoms with Gasteiger partial charge in [-0.15, -0.1) is 0 Å². The van der Waals surface area contributed by atoms with Gasteiger partial charge in [0.2, 0.25) is 10.0 Å². The molecule has 0 atom stereocenters. The SMILES string of the molecule is Nc1ccc(F)cc1S(=O)(=O)NC1CCOCC1. The molecule has 0 spiro atoms. The Hall–Kier alpha value is -1.18. The van der Waals surface area contributed by atoms with Crippen molar-refractivity contribution in [3.8, 4) is 0 Å². The second-order valence-corrected chi connectivity index (χ2v) is 5.87. The first kappa shape index (κ1) is 13.3. The van der Waals surface area contributed by atoms with Crippen LogP contribution in [0.4, 0.5) is 10.1 Å². The fraction of sp³-hybridized carbons (Fsp3) is 0.455. The molecule has 3 N–H and O–H groups in total. The molecule has 0 saturated carbocycles. The van der Waals surface area contributed by atoms with Gasteiger partial charge in [-0.25, -0.2) is 17.5 Å². The summed E-state index contributed by atoms with van der Waals surface area (Å²) in [7, 11) is -3.78. The van der Waals surface area contributed by atoms with Crippen molar-refractivity contribution in [2.45, 2.75) is 23.8 Å². The highest BCUT2D eigenvalue weighted by atomic mass is 32.2. The Bertz CT molecular complexity index is 527. The third-order valence-corrected chi connectivity index (χ3v) is 4.38. The molecule has 1 aromatic rings. The molecule has 0 aromatic heterocycles. The first-order valence-corrected chi connectivity index (χ1v) is 7.12. The number of benzene rings is 1. The van der Waals surface area contributed by atoms with Crippen LogP contribution in [0.2, 0.25) is 0 Å². The number of nitrogens with one attached hydrogen (secondary N) is 1. The minimum absolute atomic E-state index is 0.0379. The van der Waals surface area contributed by atoms with Gasteiger partial charge in [0.1, 0.15) is 10.7 Å². The Labute approximate surface area is 105 Å². The highest BCUT2D eigenvalue weighted by molar-refractivity contribution is 7.89. The Kier molecular flexibility index (Phi) is 3.84. The average Bonchev–Trinajstić information content (AvgIpc) is 2.33. The van der Waals surface area contributed by atoms with Crippen LogP contribution in [-0.4, -0.2) is 27.7 Å². The fourth-order valence-corrected chi connectivity index (χ4v) is 3.29. The van der Waals surface area contributed by atoms with Crippen molar-refractivity contribution in [2.24, 2.45) is 0 Å². The van der Waals surface area contributed by atoms with Crippen LogP contribution in [0.1, 0.15) is 12.8 Å². The van der Waals surface area contributed by atoms with Gasteiger partial charge in [0.05, 0.1) is 5.69 Å². The zero-order valence-corrected chi connectivity index (χ0v) is 10.5. The van der Waals surface area contributed by atoms with E-state index >= 15 is 0 Å². The number of rotatable bonds is 3. The molecule has 18 heavy (non-hydrogen) atoms. The molecule has 2 rings (SSSR count). The number of sulfonamides is 1. The lowest BCUT2D eigenvalue weighted by atomic mass is 10.1. The lowest BCUT2D eigenvalue weighted by Crippen LogP contribution is -2.39. The quantitative estimate of drug-likeness (QED) is 0.801. The summed E-state index contributed by atoms with van der Waals surface area (Å²) < 4.78 is 44.9. The monoisotopic (exact) mass is 274 g/mol. The van der Waals surface area contributed by atoms with Crippen LogP contribution in [0.5, 0.6) is 0 Å². The fourth-order valence-electron chi connectivity index (χ4n) is 1.84. The molecule has 0 bridgehead atoms. The van der Waals surface area contributed by atoms with E-state index < -0.39 is 15.8 Å². The lowest BCUT2D eigenvalue weighted by Gasteiger charge is -2.23. The van der Waals surface area contributed by atoms with Crippen molar-refractivity contribution in [1.82, 2.24) is 4.72 Å². The molecule has 1 aromatic carbocycles. The van der Waals surface area contributed by atoms with E-state index in [4.69, 9.17) is 10.5 Å². The van der Waals surface area contributed by atoms with E-state index in [2.05, 4.69) is 4.72 Å². The highest BCUT2D eigenvalue weighted by Crippen LogP contribution is 2.20. The first-order chi connectivity index (χ1) is 8.49. The van der Waals surface area contributed by atoms with Gasteiger partial charge in [0.15, 0.2) is 0 Å². The number of nitrogen functional groups attached to an aromatic ring is 1. The van der Waals surface area contributed by atoms with E-state index in [0.717, 1.165) is 12.1 Å². The predicted octanol–water partition coefficient (Wildman–Crippen LogP) is 0.865. The topological polar surface area (TPSA) is 81.4 Å². The summed E-state index contributed by atoms with van der Waals surface area (Å²) in [5.74, 6) is -0.628. The van der Waals surface area contributed by atoms with E-state index in [0.29, 0.717) is 26.1 Å². The number of anilines is 1. The standard InChI is InChI=1S/C11H15FN2O3S/c12-8-1-2-10(13)11(7-8)18(15,16)14-9-3-5-17-6-4-9/h1-2,7,9,14H,3-6,13H2. The van der Waals surface area contributed by atoms with Crippen LogP contribution in [0.15, 0.2) is 23.1 Å². The van der Waals surface area contributed by atoms with Crippen molar-refractivity contribution in [1.29, 1.82) is 0 Å². The first-order valence-electron chi connectivity index (χ1n) is 5.64. The second-order valence-electron chi connectivity index (χ2n) is 4.19. The van der Waals surface area contributed by atoms with Crippen LogP contribution >= 0.6 is 0 Å². The van der Waals surface area contributed by atoms with Gasteiger partial charge >= 0.3 is 0 Å². The summed E-state index contributed by atoms with van der Waals surface area (Å²) in [6, 6.07) is 3.11. The molecular weight excluding hydrogens is 259 g/mol. The van der Waals surface area contributed by atoms with Crippen LogP contribution in [0.25, 0.3) is 0 Å². The molecule has 1 aliphatic heterocycles. The molecule has 1 aliphatic rings. The van der Waals surface area contributed by atoms with Crippen molar-refractivity contribution >= 4 is 15.7 Å². The number of ether oxygens (including phenoxy) is 1. The largest absolute Gasteiger partial charge is 0.398 e. The van der Waals surface area contributed by atoms with Crippen molar-refractivity contribution in [3.05, 3.63) is 24.0 Å². The Morgan fingerprint density at radius 1 is 1.33 bits per heavy atom. The van der Waals surface area contributed by atoms with E-state index in [1.54, 1.807) is 0 Å². The summed E-state index contributed by atoms with van der Waals surface area (Å²) in [5, 5.41) is 0. The van der Waals surface area contributed by atoms with Crippen molar-refractivity contribution in [2.75, 3.05) is 18.9 Å². The lowest BCUT2D eigenvalue weighted by molar-refractivity contribution is 0.0832. The number of halogens is 1. The third kappa shape index (κ3) is 2.98. The average molecular weight is 274 g/mol. The molecule has 1 fully saturated rings. The normalized spacial score (nSPS) is 17.8. The maximum Gasteiger partial charge on any atom is 0.242 e. The van der Waals surface area contributed by atoms with Crippen LogP contribution in [0, 0.1) is 5.82 Å². The van der Waals surface area contributed by atoms with E-state index in [1.165, 1.54) is 6.07 Å². The van der Waals surface area contributed by atoms with Gasteiger partial charge in [0, 0.05) is 19.3 Å². The number of hydrogen-bond acceptors (Lipinski definition) is 4. The summed E-state index contributed by atoms with van der Waals surface area (Å²) in [5.41, 5.74) is 5.61. The molecule has 0 radical (unpaired) electrons. The van der Waals surface area contributed by atoms with Gasteiger partial charge < -0.3 is 10.5 Å². The molecule has 100 valence electrons. The third-order valence-electron chi connectivity index (χ3n) is 2.81. The molecule has 0 aliphatic carbocycles. The summed E-state index contributed by atoms with van der Waals surface area (Å²) in [6.45, 7) is 1.04. The summed E-state index contributed by atoms with van der Waals surface area (Å²) >= 11 is 0. The van der Waals surface area contributed by atoms with E-state index in [9.17, 15) is 12.8 Å². The minimum Gasteiger partial charge on any atom is -0.398 e. The van der Waals surface area contributed by atoms with E-state index in [1.807, 2.05) is 0 Å². The van der Waals surface area contributed by atoms with Gasteiger partial charge in [-0.2, -0.15) is 0 Å². The second kappa shape index (κ2) is 5.21. The maximum absolute atomic E-state index is 13.1. The minimum atomic E-state index is -3.78. The van der Waals surface area contributed by atoms with Gasteiger partial charge in [-0.05, 0) is 31.0 Å². The number of hydrogen-bond donors (Lipinski definition) is 2.